The second-order valence-corrected chi connectivity index (χ2v) is 6.51. The van der Waals surface area contributed by atoms with Crippen LogP contribution in [0.15, 0.2) is 28.6 Å². The molecule has 7 heteroatoms. The van der Waals surface area contributed by atoms with Crippen molar-refractivity contribution in [2.24, 2.45) is 0 Å². The van der Waals surface area contributed by atoms with E-state index in [2.05, 4.69) is 4.98 Å². The minimum atomic E-state index is -1.05. The molecule has 0 bridgehead atoms. The maximum Gasteiger partial charge on any atom is 0.323 e. The van der Waals surface area contributed by atoms with Gasteiger partial charge in [-0.2, -0.15) is 0 Å². The van der Waals surface area contributed by atoms with E-state index in [1.165, 1.54) is 17.7 Å². The zero-order valence-electron chi connectivity index (χ0n) is 11.2. The number of aromatic nitrogens is 2. The average molecular weight is 320 g/mol. The number of aryl methyl sites for hydroxylation is 1. The summed E-state index contributed by atoms with van der Waals surface area (Å²) >= 11 is 3.07. The van der Waals surface area contributed by atoms with E-state index in [1.807, 2.05) is 24.4 Å². The number of hydrogen-bond acceptors (Lipinski definition) is 5. The number of carbonyl (C=O) groups is 1. The van der Waals surface area contributed by atoms with Gasteiger partial charge in [-0.3, -0.25) is 14.2 Å². The first-order valence-corrected chi connectivity index (χ1v) is 8.08. The van der Waals surface area contributed by atoms with Crippen LogP contribution in [-0.2, 0) is 17.8 Å². The third-order valence-corrected chi connectivity index (χ3v) is 5.28. The van der Waals surface area contributed by atoms with Crippen molar-refractivity contribution in [1.29, 1.82) is 0 Å². The van der Waals surface area contributed by atoms with Gasteiger partial charge in [0, 0.05) is 15.3 Å². The lowest BCUT2D eigenvalue weighted by Gasteiger charge is -2.03. The van der Waals surface area contributed by atoms with E-state index in [1.54, 1.807) is 11.3 Å². The molecular weight excluding hydrogens is 308 g/mol. The predicted octanol–water partition coefficient (Wildman–Crippen LogP) is 2.83. The van der Waals surface area contributed by atoms with E-state index in [9.17, 15) is 9.59 Å². The molecule has 3 rings (SSSR count). The van der Waals surface area contributed by atoms with Crippen LogP contribution < -0.4 is 5.56 Å². The number of thiophene rings is 2. The topological polar surface area (TPSA) is 72.2 Å². The van der Waals surface area contributed by atoms with Gasteiger partial charge in [0.25, 0.3) is 5.56 Å². The third kappa shape index (κ3) is 2.38. The Morgan fingerprint density at radius 1 is 1.48 bits per heavy atom. The average Bonchev–Trinajstić information content (AvgIpc) is 3.07. The molecule has 0 aliphatic carbocycles. The van der Waals surface area contributed by atoms with Crippen molar-refractivity contribution in [2.75, 3.05) is 0 Å². The first-order valence-electron chi connectivity index (χ1n) is 6.38. The summed E-state index contributed by atoms with van der Waals surface area (Å²) in [7, 11) is 0. The Kier molecular flexibility index (Phi) is 3.60. The van der Waals surface area contributed by atoms with Crippen LogP contribution in [0.3, 0.4) is 0 Å². The molecule has 21 heavy (non-hydrogen) atoms. The Hall–Kier alpha value is -1.99. The Morgan fingerprint density at radius 3 is 2.90 bits per heavy atom. The van der Waals surface area contributed by atoms with Gasteiger partial charge < -0.3 is 5.11 Å². The quantitative estimate of drug-likeness (QED) is 0.802. The number of nitrogens with zero attached hydrogens (tertiary/aromatic N) is 2. The summed E-state index contributed by atoms with van der Waals surface area (Å²) in [6, 6.07) is 3.91. The summed E-state index contributed by atoms with van der Waals surface area (Å²) in [4.78, 5) is 30.5. The molecule has 0 atom stereocenters. The SMILES string of the molecule is CCc1sc2ncn(CC(=O)O)c(=O)c2c1-c1cccs1. The smallest absolute Gasteiger partial charge is 0.323 e. The molecule has 3 aromatic rings. The molecule has 0 aliphatic rings. The summed E-state index contributed by atoms with van der Waals surface area (Å²) in [6.07, 6.45) is 2.12. The van der Waals surface area contributed by atoms with E-state index in [4.69, 9.17) is 5.11 Å². The highest BCUT2D eigenvalue weighted by Crippen LogP contribution is 2.38. The first kappa shape index (κ1) is 14.0. The summed E-state index contributed by atoms with van der Waals surface area (Å²) in [5.74, 6) is -1.05. The van der Waals surface area contributed by atoms with Gasteiger partial charge in [0.2, 0.25) is 0 Å². The van der Waals surface area contributed by atoms with E-state index in [0.29, 0.717) is 10.2 Å². The van der Waals surface area contributed by atoms with Crippen LogP contribution >= 0.6 is 22.7 Å². The van der Waals surface area contributed by atoms with E-state index >= 15 is 0 Å². The molecule has 0 spiro atoms. The molecule has 0 aliphatic heterocycles. The van der Waals surface area contributed by atoms with Crippen molar-refractivity contribution >= 4 is 38.9 Å². The second-order valence-electron chi connectivity index (χ2n) is 4.48. The van der Waals surface area contributed by atoms with Crippen LogP contribution in [0.5, 0.6) is 0 Å². The van der Waals surface area contributed by atoms with Crippen molar-refractivity contribution in [2.45, 2.75) is 19.9 Å². The van der Waals surface area contributed by atoms with Gasteiger partial charge in [-0.15, -0.1) is 22.7 Å². The Labute approximate surface area is 128 Å². The summed E-state index contributed by atoms with van der Waals surface area (Å²) in [5, 5.41) is 11.4. The van der Waals surface area contributed by atoms with Gasteiger partial charge in [-0.1, -0.05) is 13.0 Å². The van der Waals surface area contributed by atoms with Gasteiger partial charge in [-0.05, 0) is 17.9 Å². The molecule has 0 amide bonds. The van der Waals surface area contributed by atoms with Crippen LogP contribution in [0.4, 0.5) is 0 Å². The second kappa shape index (κ2) is 5.42. The molecule has 3 heterocycles. The van der Waals surface area contributed by atoms with Crippen molar-refractivity contribution in [3.05, 3.63) is 39.1 Å². The van der Waals surface area contributed by atoms with Crippen LogP contribution in [0, 0.1) is 0 Å². The standard InChI is InChI=1S/C14H12N2O3S2/c1-2-8-11(9-4-3-5-20-9)12-13(21-8)15-7-16(14(12)19)6-10(17)18/h3-5,7H,2,6H2,1H3,(H,17,18). The van der Waals surface area contributed by atoms with Gasteiger partial charge >= 0.3 is 5.97 Å². The zero-order chi connectivity index (χ0) is 15.0. The van der Waals surface area contributed by atoms with E-state index < -0.39 is 5.97 Å². The largest absolute Gasteiger partial charge is 0.480 e. The molecule has 0 saturated carbocycles. The molecule has 108 valence electrons. The van der Waals surface area contributed by atoms with Crippen molar-refractivity contribution in [3.8, 4) is 10.4 Å². The lowest BCUT2D eigenvalue weighted by Crippen LogP contribution is -2.24. The van der Waals surface area contributed by atoms with Crippen LogP contribution in [0.1, 0.15) is 11.8 Å². The minimum Gasteiger partial charge on any atom is -0.480 e. The highest BCUT2D eigenvalue weighted by molar-refractivity contribution is 7.20. The van der Waals surface area contributed by atoms with Crippen LogP contribution in [0.2, 0.25) is 0 Å². The van der Waals surface area contributed by atoms with Crippen LogP contribution in [0.25, 0.3) is 20.7 Å². The minimum absolute atomic E-state index is 0.290. The number of carboxylic acids is 1. The Morgan fingerprint density at radius 2 is 2.29 bits per heavy atom. The number of hydrogen-bond donors (Lipinski definition) is 1. The molecule has 0 fully saturated rings. The Bertz CT molecular complexity index is 862. The lowest BCUT2D eigenvalue weighted by atomic mass is 10.1. The third-order valence-electron chi connectivity index (χ3n) is 3.15. The van der Waals surface area contributed by atoms with E-state index in [0.717, 1.165) is 26.3 Å². The molecule has 0 saturated heterocycles. The fraction of sp³-hybridized carbons (Fsp3) is 0.214. The Balaban J connectivity index is 2.34. The fourth-order valence-electron chi connectivity index (χ4n) is 2.26. The van der Waals surface area contributed by atoms with Crippen LogP contribution in [-0.4, -0.2) is 20.6 Å². The summed E-state index contributed by atoms with van der Waals surface area (Å²) < 4.78 is 1.15. The molecule has 1 N–H and O–H groups in total. The first-order chi connectivity index (χ1) is 10.1. The zero-order valence-corrected chi connectivity index (χ0v) is 12.8. The predicted molar refractivity (Wildman–Crippen MR) is 84.2 cm³/mol. The highest BCUT2D eigenvalue weighted by Gasteiger charge is 2.19. The summed E-state index contributed by atoms with van der Waals surface area (Å²) in [6.45, 7) is 1.67. The lowest BCUT2D eigenvalue weighted by molar-refractivity contribution is -0.137. The molecule has 3 aromatic heterocycles. The van der Waals surface area contributed by atoms with E-state index in [-0.39, 0.29) is 12.1 Å². The normalized spacial score (nSPS) is 11.1. The van der Waals surface area contributed by atoms with Gasteiger partial charge in [0.15, 0.2) is 0 Å². The molecule has 0 radical (unpaired) electrons. The number of carboxylic acid groups (broad SMARTS) is 1. The molecule has 0 aromatic carbocycles. The number of aliphatic carboxylic acids is 1. The maximum absolute atomic E-state index is 12.6. The monoisotopic (exact) mass is 320 g/mol. The molecule has 0 unspecified atom stereocenters. The summed E-state index contributed by atoms with van der Waals surface area (Å²) in [5.41, 5.74) is 0.617. The highest BCUT2D eigenvalue weighted by atomic mass is 32.1. The van der Waals surface area contributed by atoms with Gasteiger partial charge in [0.1, 0.15) is 11.4 Å². The van der Waals surface area contributed by atoms with Crippen molar-refractivity contribution < 1.29 is 9.90 Å². The van der Waals surface area contributed by atoms with Gasteiger partial charge in [0.05, 0.1) is 11.7 Å². The fourth-order valence-corrected chi connectivity index (χ4v) is 4.21. The van der Waals surface area contributed by atoms with Crippen molar-refractivity contribution in [3.63, 3.8) is 0 Å². The molecule has 5 nitrogen and oxygen atoms in total. The van der Waals surface area contributed by atoms with Gasteiger partial charge in [-0.25, -0.2) is 4.98 Å². The molecular formula is C14H12N2O3S2. The van der Waals surface area contributed by atoms with Crippen molar-refractivity contribution in [1.82, 2.24) is 9.55 Å². The maximum atomic E-state index is 12.6. The number of fused-ring (bicyclic) bond motifs is 1. The number of rotatable bonds is 4.